The van der Waals surface area contributed by atoms with Gasteiger partial charge in [-0.3, -0.25) is 4.79 Å². The van der Waals surface area contributed by atoms with E-state index in [-0.39, 0.29) is 9.92 Å². The maximum atomic E-state index is 13.6. The van der Waals surface area contributed by atoms with Gasteiger partial charge in [0.25, 0.3) is 5.56 Å². The third kappa shape index (κ3) is 2.59. The van der Waals surface area contributed by atoms with Crippen LogP contribution in [-0.4, -0.2) is 18.4 Å². The third-order valence-corrected chi connectivity index (χ3v) is 5.39. The Morgan fingerprint density at radius 1 is 1.04 bits per heavy atom. The van der Waals surface area contributed by atoms with Crippen LogP contribution in [0.2, 0.25) is 5.02 Å². The first-order valence-corrected chi connectivity index (χ1v) is 9.34. The first kappa shape index (κ1) is 16.8. The molecule has 9 heteroatoms. The number of sulfonamides is 1. The second-order valence-corrected chi connectivity index (χ2v) is 7.72. The van der Waals surface area contributed by atoms with Gasteiger partial charge in [-0.2, -0.15) is 0 Å². The van der Waals surface area contributed by atoms with E-state index in [9.17, 15) is 17.6 Å². The van der Waals surface area contributed by atoms with E-state index >= 15 is 0 Å². The summed E-state index contributed by atoms with van der Waals surface area (Å²) < 4.78 is 36.9. The maximum Gasteiger partial charge on any atom is 0.267 e. The van der Waals surface area contributed by atoms with Gasteiger partial charge in [-0.15, -0.1) is 0 Å². The minimum Gasteiger partial charge on any atom is -0.353 e. The number of halogens is 2. The van der Waals surface area contributed by atoms with Crippen molar-refractivity contribution < 1.29 is 12.8 Å². The van der Waals surface area contributed by atoms with Gasteiger partial charge in [0.2, 0.25) is 10.0 Å². The lowest BCUT2D eigenvalue weighted by atomic mass is 10.0. The van der Waals surface area contributed by atoms with Crippen LogP contribution in [0.1, 0.15) is 0 Å². The molecule has 132 valence electrons. The molecule has 0 unspecified atom stereocenters. The van der Waals surface area contributed by atoms with Crippen LogP contribution in [-0.2, 0) is 10.0 Å². The molecule has 2 heterocycles. The van der Waals surface area contributed by atoms with Gasteiger partial charge >= 0.3 is 0 Å². The molecule has 0 bridgehead atoms. The molecular formula is C17H11ClFN3O3S. The average molecular weight is 392 g/mol. The van der Waals surface area contributed by atoms with Gasteiger partial charge < -0.3 is 9.97 Å². The second kappa shape index (κ2) is 5.66. The second-order valence-electron chi connectivity index (χ2n) is 5.78. The number of nitrogens with one attached hydrogen (secondary N) is 2. The normalized spacial score (nSPS) is 12.1. The first-order valence-electron chi connectivity index (χ1n) is 7.41. The Morgan fingerprint density at radius 3 is 2.54 bits per heavy atom. The number of fused-ring (bicyclic) bond motifs is 3. The number of hydrogen-bond donors (Lipinski definition) is 3. The maximum absolute atomic E-state index is 13.6. The quantitative estimate of drug-likeness (QED) is 0.488. The van der Waals surface area contributed by atoms with Gasteiger partial charge in [0.05, 0.1) is 15.9 Å². The summed E-state index contributed by atoms with van der Waals surface area (Å²) in [6.45, 7) is 0. The molecule has 0 saturated heterocycles. The summed E-state index contributed by atoms with van der Waals surface area (Å²) in [4.78, 5) is 17.9. The molecule has 0 amide bonds. The van der Waals surface area contributed by atoms with E-state index in [0.717, 1.165) is 0 Å². The van der Waals surface area contributed by atoms with E-state index in [1.807, 2.05) is 0 Å². The predicted molar refractivity (Wildman–Crippen MR) is 98.2 cm³/mol. The van der Waals surface area contributed by atoms with E-state index in [1.165, 1.54) is 30.3 Å². The molecule has 4 aromatic rings. The standard InChI is InChI=1S/C17H11ClFN3O3S/c18-14-13(8-2-1-3-10(6-8)26(20,24)25)16-15(22-17(14)23)11-7-9(19)4-5-12(11)21-16/h1-7,21H,(H,22,23)(H2,20,24,25). The molecule has 2 aromatic heterocycles. The molecule has 0 saturated carbocycles. The predicted octanol–water partition coefficient (Wildman–Crippen LogP) is 3.12. The van der Waals surface area contributed by atoms with Crippen LogP contribution in [0.25, 0.3) is 33.1 Å². The lowest BCUT2D eigenvalue weighted by Gasteiger charge is -2.08. The van der Waals surface area contributed by atoms with Gasteiger partial charge in [-0.25, -0.2) is 17.9 Å². The number of hydrogen-bond acceptors (Lipinski definition) is 3. The van der Waals surface area contributed by atoms with Crippen LogP contribution in [0.3, 0.4) is 0 Å². The summed E-state index contributed by atoms with van der Waals surface area (Å²) in [6.07, 6.45) is 0. The molecular weight excluding hydrogens is 381 g/mol. The Bertz CT molecular complexity index is 1360. The number of H-pyrrole nitrogens is 2. The van der Waals surface area contributed by atoms with Gasteiger partial charge in [0, 0.05) is 16.5 Å². The van der Waals surface area contributed by atoms with E-state index < -0.39 is 21.4 Å². The summed E-state index contributed by atoms with van der Waals surface area (Å²) in [5.74, 6) is -0.452. The Balaban J connectivity index is 2.14. The van der Waals surface area contributed by atoms with Crippen LogP contribution in [0.5, 0.6) is 0 Å². The molecule has 4 N–H and O–H groups in total. The number of pyridine rings is 1. The largest absolute Gasteiger partial charge is 0.353 e. The number of benzene rings is 2. The van der Waals surface area contributed by atoms with Crippen molar-refractivity contribution in [3.8, 4) is 11.1 Å². The molecule has 0 fully saturated rings. The smallest absolute Gasteiger partial charge is 0.267 e. The number of aromatic amines is 2. The molecule has 0 radical (unpaired) electrons. The van der Waals surface area contributed by atoms with Crippen molar-refractivity contribution >= 4 is 43.6 Å². The summed E-state index contributed by atoms with van der Waals surface area (Å²) >= 11 is 6.21. The molecule has 0 aliphatic heterocycles. The average Bonchev–Trinajstić information content (AvgIpc) is 2.92. The fraction of sp³-hybridized carbons (Fsp3) is 0. The summed E-state index contributed by atoms with van der Waals surface area (Å²) in [7, 11) is -3.93. The lowest BCUT2D eigenvalue weighted by Crippen LogP contribution is -2.12. The number of primary sulfonamides is 1. The van der Waals surface area contributed by atoms with Crippen molar-refractivity contribution in [1.82, 2.24) is 9.97 Å². The summed E-state index contributed by atoms with van der Waals surface area (Å²) in [6, 6.07) is 9.92. The van der Waals surface area contributed by atoms with E-state index in [0.29, 0.717) is 33.1 Å². The Hall–Kier alpha value is -2.68. The molecule has 0 atom stereocenters. The van der Waals surface area contributed by atoms with Crippen molar-refractivity contribution in [2.75, 3.05) is 0 Å². The number of aromatic nitrogens is 2. The molecule has 0 aliphatic carbocycles. The molecule has 26 heavy (non-hydrogen) atoms. The number of rotatable bonds is 2. The molecule has 2 aromatic carbocycles. The highest BCUT2D eigenvalue weighted by molar-refractivity contribution is 7.89. The molecule has 0 aliphatic rings. The molecule has 6 nitrogen and oxygen atoms in total. The minimum atomic E-state index is -3.93. The van der Waals surface area contributed by atoms with Gasteiger partial charge in [-0.1, -0.05) is 23.7 Å². The third-order valence-electron chi connectivity index (χ3n) is 4.12. The Kier molecular flexibility index (Phi) is 3.65. The van der Waals surface area contributed by atoms with Crippen molar-refractivity contribution in [2.45, 2.75) is 4.90 Å². The van der Waals surface area contributed by atoms with Crippen molar-refractivity contribution in [1.29, 1.82) is 0 Å². The fourth-order valence-electron chi connectivity index (χ4n) is 2.97. The van der Waals surface area contributed by atoms with Crippen LogP contribution in [0, 0.1) is 5.82 Å². The minimum absolute atomic E-state index is 0.110. The zero-order valence-corrected chi connectivity index (χ0v) is 14.6. The SMILES string of the molecule is NS(=O)(=O)c1cccc(-c2c(Cl)c(=O)[nH]c3c2[nH]c2ccc(F)cc23)c1. The molecule has 4 rings (SSSR count). The highest BCUT2D eigenvalue weighted by Crippen LogP contribution is 2.35. The Labute approximate surface area is 151 Å². The molecule has 0 spiro atoms. The van der Waals surface area contributed by atoms with Crippen LogP contribution >= 0.6 is 11.6 Å². The van der Waals surface area contributed by atoms with E-state index in [2.05, 4.69) is 9.97 Å². The van der Waals surface area contributed by atoms with E-state index in [4.69, 9.17) is 16.7 Å². The summed E-state index contributed by atoms with van der Waals surface area (Å²) in [5.41, 5.74) is 1.58. The first-order chi connectivity index (χ1) is 12.3. The fourth-order valence-corrected chi connectivity index (χ4v) is 3.78. The lowest BCUT2D eigenvalue weighted by molar-refractivity contribution is 0.598. The van der Waals surface area contributed by atoms with Crippen LogP contribution in [0.15, 0.2) is 52.2 Å². The summed E-state index contributed by atoms with van der Waals surface area (Å²) in [5, 5.41) is 5.55. The van der Waals surface area contributed by atoms with Crippen LogP contribution in [0.4, 0.5) is 4.39 Å². The van der Waals surface area contributed by atoms with E-state index in [1.54, 1.807) is 12.1 Å². The van der Waals surface area contributed by atoms with Crippen molar-refractivity contribution in [3.05, 3.63) is 63.7 Å². The van der Waals surface area contributed by atoms with Gasteiger partial charge in [0.1, 0.15) is 10.8 Å². The topological polar surface area (TPSA) is 109 Å². The van der Waals surface area contributed by atoms with Crippen LogP contribution < -0.4 is 10.7 Å². The Morgan fingerprint density at radius 2 is 1.81 bits per heavy atom. The van der Waals surface area contributed by atoms with Crippen molar-refractivity contribution in [2.24, 2.45) is 5.14 Å². The van der Waals surface area contributed by atoms with Gasteiger partial charge in [0.15, 0.2) is 0 Å². The highest BCUT2D eigenvalue weighted by atomic mass is 35.5. The zero-order chi connectivity index (χ0) is 18.6. The monoisotopic (exact) mass is 391 g/mol. The zero-order valence-electron chi connectivity index (χ0n) is 13.0. The number of nitrogens with two attached hydrogens (primary N) is 1. The van der Waals surface area contributed by atoms with Gasteiger partial charge in [-0.05, 0) is 35.9 Å². The highest BCUT2D eigenvalue weighted by Gasteiger charge is 2.18. The van der Waals surface area contributed by atoms with Crippen molar-refractivity contribution in [3.63, 3.8) is 0 Å².